The lowest BCUT2D eigenvalue weighted by Gasteiger charge is -2.18. The zero-order chi connectivity index (χ0) is 15.1. The number of aromatic carboxylic acids is 1. The van der Waals surface area contributed by atoms with Gasteiger partial charge in [0.25, 0.3) is 0 Å². The minimum absolute atomic E-state index is 0.161. The van der Waals surface area contributed by atoms with Crippen molar-refractivity contribution in [3.63, 3.8) is 0 Å². The fraction of sp³-hybridized carbons (Fsp3) is 0.286. The lowest BCUT2D eigenvalue weighted by Crippen LogP contribution is -2.45. The molecule has 1 aromatic carbocycles. The maximum absolute atomic E-state index is 11.9. The van der Waals surface area contributed by atoms with Crippen LogP contribution >= 0.6 is 0 Å². The van der Waals surface area contributed by atoms with E-state index in [4.69, 9.17) is 10.8 Å². The number of carboxylic acids is 1. The number of hydrogen-bond acceptors (Lipinski definition) is 3. The molecule has 0 unspecified atom stereocenters. The Morgan fingerprint density at radius 3 is 2.55 bits per heavy atom. The number of nitrogens with one attached hydrogen (secondary N) is 1. The number of amides is 1. The summed E-state index contributed by atoms with van der Waals surface area (Å²) >= 11 is 0. The maximum Gasteiger partial charge on any atom is 0.352 e. The molecule has 0 aliphatic carbocycles. The first-order valence-electron chi connectivity index (χ1n) is 6.14. The Morgan fingerprint density at radius 2 is 2.00 bits per heavy atom. The summed E-state index contributed by atoms with van der Waals surface area (Å²) in [7, 11) is 1.67. The second-order valence-corrected chi connectivity index (χ2v) is 5.31. The Morgan fingerprint density at radius 1 is 1.35 bits per heavy atom. The molecule has 0 aliphatic rings. The zero-order valence-corrected chi connectivity index (χ0v) is 11.6. The topological polar surface area (TPSA) is 97.4 Å². The second-order valence-electron chi connectivity index (χ2n) is 5.31. The second kappa shape index (κ2) is 4.64. The van der Waals surface area contributed by atoms with Crippen molar-refractivity contribution in [2.24, 2.45) is 12.8 Å². The SMILES string of the molecule is Cn1c(C(=O)O)cc2c(NC(=O)C(C)(C)N)cccc21. The van der Waals surface area contributed by atoms with Crippen LogP contribution in [0.2, 0.25) is 0 Å². The van der Waals surface area contributed by atoms with E-state index < -0.39 is 11.5 Å². The van der Waals surface area contributed by atoms with Crippen molar-refractivity contribution < 1.29 is 14.7 Å². The van der Waals surface area contributed by atoms with Gasteiger partial charge in [0, 0.05) is 12.4 Å². The molecule has 1 heterocycles. The Labute approximate surface area is 116 Å². The third-order valence-corrected chi connectivity index (χ3v) is 3.14. The van der Waals surface area contributed by atoms with Crippen LogP contribution in [-0.2, 0) is 11.8 Å². The van der Waals surface area contributed by atoms with Gasteiger partial charge in [0.05, 0.1) is 16.7 Å². The molecule has 0 atom stereocenters. The van der Waals surface area contributed by atoms with Crippen LogP contribution in [-0.4, -0.2) is 27.1 Å². The zero-order valence-electron chi connectivity index (χ0n) is 11.6. The number of nitrogens with two attached hydrogens (primary N) is 1. The number of carboxylic acid groups (broad SMARTS) is 1. The Kier molecular flexibility index (Phi) is 3.27. The number of carbonyl (C=O) groups excluding carboxylic acids is 1. The van der Waals surface area contributed by atoms with Gasteiger partial charge < -0.3 is 20.7 Å². The number of carbonyl (C=O) groups is 2. The molecule has 106 valence electrons. The number of rotatable bonds is 3. The van der Waals surface area contributed by atoms with Gasteiger partial charge in [-0.05, 0) is 32.0 Å². The van der Waals surface area contributed by atoms with E-state index in [0.29, 0.717) is 11.1 Å². The van der Waals surface area contributed by atoms with E-state index in [2.05, 4.69) is 5.32 Å². The van der Waals surface area contributed by atoms with Gasteiger partial charge in [-0.3, -0.25) is 4.79 Å². The lowest BCUT2D eigenvalue weighted by molar-refractivity contribution is -0.120. The fourth-order valence-corrected chi connectivity index (χ4v) is 1.96. The van der Waals surface area contributed by atoms with Crippen LogP contribution in [0.25, 0.3) is 10.9 Å². The maximum atomic E-state index is 11.9. The van der Waals surface area contributed by atoms with Crippen molar-refractivity contribution in [3.8, 4) is 0 Å². The highest BCUT2D eigenvalue weighted by Gasteiger charge is 2.23. The van der Waals surface area contributed by atoms with Gasteiger partial charge in [-0.1, -0.05) is 6.07 Å². The molecule has 0 aliphatic heterocycles. The number of anilines is 1. The Hall–Kier alpha value is -2.34. The first-order valence-corrected chi connectivity index (χ1v) is 6.14. The predicted octanol–water partition coefficient (Wildman–Crippen LogP) is 1.55. The van der Waals surface area contributed by atoms with Gasteiger partial charge >= 0.3 is 5.97 Å². The van der Waals surface area contributed by atoms with E-state index in [-0.39, 0.29) is 11.6 Å². The van der Waals surface area contributed by atoms with Crippen molar-refractivity contribution in [1.29, 1.82) is 0 Å². The molecule has 0 radical (unpaired) electrons. The minimum atomic E-state index is -1.01. The summed E-state index contributed by atoms with van der Waals surface area (Å²) in [4.78, 5) is 23.1. The minimum Gasteiger partial charge on any atom is -0.477 e. The number of nitrogens with zero attached hydrogens (tertiary/aromatic N) is 1. The number of fused-ring (bicyclic) bond motifs is 1. The molecule has 0 saturated carbocycles. The normalized spacial score (nSPS) is 11.6. The van der Waals surface area contributed by atoms with Crippen molar-refractivity contribution in [1.82, 2.24) is 4.57 Å². The molecule has 4 N–H and O–H groups in total. The summed E-state index contributed by atoms with van der Waals surface area (Å²) in [5.74, 6) is -1.34. The van der Waals surface area contributed by atoms with E-state index in [1.165, 1.54) is 6.07 Å². The van der Waals surface area contributed by atoms with Crippen LogP contribution < -0.4 is 11.1 Å². The van der Waals surface area contributed by atoms with E-state index in [1.807, 2.05) is 0 Å². The van der Waals surface area contributed by atoms with Gasteiger partial charge in [0.1, 0.15) is 5.69 Å². The largest absolute Gasteiger partial charge is 0.477 e. The highest BCUT2D eigenvalue weighted by Crippen LogP contribution is 2.27. The fourth-order valence-electron chi connectivity index (χ4n) is 1.96. The van der Waals surface area contributed by atoms with Gasteiger partial charge in [0.2, 0.25) is 5.91 Å². The summed E-state index contributed by atoms with van der Waals surface area (Å²) in [6.45, 7) is 3.21. The van der Waals surface area contributed by atoms with Crippen molar-refractivity contribution in [2.75, 3.05) is 5.32 Å². The van der Waals surface area contributed by atoms with Gasteiger partial charge in [-0.25, -0.2) is 4.79 Å². The number of aromatic nitrogens is 1. The summed E-state index contributed by atoms with van der Waals surface area (Å²) in [5, 5.41) is 12.5. The molecule has 1 amide bonds. The van der Waals surface area contributed by atoms with Crippen LogP contribution in [0.1, 0.15) is 24.3 Å². The van der Waals surface area contributed by atoms with E-state index in [9.17, 15) is 9.59 Å². The highest BCUT2D eigenvalue weighted by atomic mass is 16.4. The smallest absolute Gasteiger partial charge is 0.352 e. The molecule has 0 fully saturated rings. The molecule has 0 spiro atoms. The van der Waals surface area contributed by atoms with Crippen LogP contribution in [0.15, 0.2) is 24.3 Å². The number of benzene rings is 1. The van der Waals surface area contributed by atoms with Gasteiger partial charge in [0.15, 0.2) is 0 Å². The predicted molar refractivity (Wildman–Crippen MR) is 76.8 cm³/mol. The third kappa shape index (κ3) is 2.37. The molecule has 6 nitrogen and oxygen atoms in total. The lowest BCUT2D eigenvalue weighted by atomic mass is 10.1. The molecule has 20 heavy (non-hydrogen) atoms. The molecular formula is C14H17N3O3. The Balaban J connectivity index is 2.53. The summed E-state index contributed by atoms with van der Waals surface area (Å²) in [5.41, 5.74) is 6.18. The quantitative estimate of drug-likeness (QED) is 0.791. The standard InChI is InChI=1S/C14H17N3O3/c1-14(2,15)13(20)16-9-5-4-6-10-8(9)7-11(12(18)19)17(10)3/h4-7H,15H2,1-3H3,(H,16,20)(H,18,19). The molecule has 1 aromatic heterocycles. The number of hydrogen-bond donors (Lipinski definition) is 3. The molecule has 2 aromatic rings. The monoisotopic (exact) mass is 275 g/mol. The molecule has 6 heteroatoms. The first-order chi connectivity index (χ1) is 9.21. The summed E-state index contributed by atoms with van der Waals surface area (Å²) in [6, 6.07) is 6.81. The van der Waals surface area contributed by atoms with Crippen LogP contribution in [0.4, 0.5) is 5.69 Å². The average Bonchev–Trinajstić information content (AvgIpc) is 2.67. The van der Waals surface area contributed by atoms with Gasteiger partial charge in [-0.2, -0.15) is 0 Å². The van der Waals surface area contributed by atoms with Gasteiger partial charge in [-0.15, -0.1) is 0 Å². The highest BCUT2D eigenvalue weighted by molar-refractivity contribution is 6.06. The van der Waals surface area contributed by atoms with E-state index in [0.717, 1.165) is 5.52 Å². The molecule has 0 bridgehead atoms. The van der Waals surface area contributed by atoms with E-state index in [1.54, 1.807) is 43.7 Å². The average molecular weight is 275 g/mol. The van der Waals surface area contributed by atoms with E-state index >= 15 is 0 Å². The van der Waals surface area contributed by atoms with Crippen LogP contribution in [0.5, 0.6) is 0 Å². The van der Waals surface area contributed by atoms with Crippen LogP contribution in [0, 0.1) is 0 Å². The molecule has 0 saturated heterocycles. The Bertz CT molecular complexity index is 695. The van der Waals surface area contributed by atoms with Crippen molar-refractivity contribution >= 4 is 28.5 Å². The molecule has 2 rings (SSSR count). The van der Waals surface area contributed by atoms with Crippen molar-refractivity contribution in [2.45, 2.75) is 19.4 Å². The summed E-state index contributed by atoms with van der Waals surface area (Å²) in [6.07, 6.45) is 0. The van der Waals surface area contributed by atoms with Crippen LogP contribution in [0.3, 0.4) is 0 Å². The summed E-state index contributed by atoms with van der Waals surface area (Å²) < 4.78 is 1.57. The first kappa shape index (κ1) is 14.1. The third-order valence-electron chi connectivity index (χ3n) is 3.14. The van der Waals surface area contributed by atoms with Crippen molar-refractivity contribution in [3.05, 3.63) is 30.0 Å². The number of aryl methyl sites for hydroxylation is 1. The molecular weight excluding hydrogens is 258 g/mol.